The van der Waals surface area contributed by atoms with Crippen LogP contribution < -0.4 is 0 Å². The van der Waals surface area contributed by atoms with Gasteiger partial charge in [-0.25, -0.2) is 4.39 Å². The highest BCUT2D eigenvalue weighted by Crippen LogP contribution is 2.46. The van der Waals surface area contributed by atoms with E-state index >= 15 is 0 Å². The third-order valence-corrected chi connectivity index (χ3v) is 4.52. The molecule has 0 bridgehead atoms. The van der Waals surface area contributed by atoms with Gasteiger partial charge >= 0.3 is 0 Å². The van der Waals surface area contributed by atoms with Gasteiger partial charge in [0.2, 0.25) is 0 Å². The molecule has 1 unspecified atom stereocenters. The van der Waals surface area contributed by atoms with Crippen LogP contribution in [0.5, 0.6) is 0 Å². The van der Waals surface area contributed by atoms with Crippen LogP contribution in [0.3, 0.4) is 0 Å². The monoisotopic (exact) mass is 324 g/mol. The van der Waals surface area contributed by atoms with Crippen LogP contribution in [0.15, 0.2) is 42.5 Å². The number of halogens is 1. The van der Waals surface area contributed by atoms with Crippen molar-refractivity contribution in [2.75, 3.05) is 20.6 Å². The molecule has 0 amide bonds. The number of nitriles is 1. The number of hydrogen-bond donors (Lipinski definition) is 0. The first-order valence-corrected chi connectivity index (χ1v) is 8.35. The van der Waals surface area contributed by atoms with E-state index in [4.69, 9.17) is 5.26 Å². The number of benzene rings is 2. The van der Waals surface area contributed by atoms with Crippen molar-refractivity contribution < 1.29 is 4.39 Å². The van der Waals surface area contributed by atoms with E-state index in [0.29, 0.717) is 5.56 Å². The lowest BCUT2D eigenvalue weighted by molar-refractivity contribution is 0.408. The van der Waals surface area contributed by atoms with Crippen LogP contribution in [-0.2, 0) is 11.8 Å². The highest BCUT2D eigenvalue weighted by molar-refractivity contribution is 5.55. The van der Waals surface area contributed by atoms with Crippen LogP contribution in [0.25, 0.3) is 0 Å². The van der Waals surface area contributed by atoms with E-state index in [0.717, 1.165) is 12.0 Å². The summed E-state index contributed by atoms with van der Waals surface area (Å²) in [5.74, 6) is -0.207. The van der Waals surface area contributed by atoms with E-state index in [-0.39, 0.29) is 11.2 Å². The van der Waals surface area contributed by atoms with Crippen molar-refractivity contribution in [3.8, 4) is 6.07 Å². The summed E-state index contributed by atoms with van der Waals surface area (Å²) in [6.07, 6.45) is 2.16. The molecule has 0 spiro atoms. The zero-order chi connectivity index (χ0) is 17.7. The number of fused-ring (bicyclic) bond motifs is 1. The Morgan fingerprint density at radius 2 is 1.83 bits per heavy atom. The smallest absolute Gasteiger partial charge is 0.123 e. The number of nitrogens with zero attached hydrogens (tertiary/aromatic N) is 2. The normalized spacial score (nSPS) is 18.0. The van der Waals surface area contributed by atoms with Crippen LogP contribution in [0, 0.1) is 17.1 Å². The van der Waals surface area contributed by atoms with Crippen molar-refractivity contribution >= 4 is 0 Å². The summed E-state index contributed by atoms with van der Waals surface area (Å²) in [7, 11) is 4.17. The summed E-state index contributed by atoms with van der Waals surface area (Å²) in [6, 6.07) is 14.7. The Balaban J connectivity index is 0.000000301. The first-order chi connectivity index (χ1) is 11.4. The van der Waals surface area contributed by atoms with Gasteiger partial charge in [0.15, 0.2) is 0 Å². The SMILES string of the molecule is CC1(c2ccc(F)cc2)Cc2cc(C#N)ccc21.CCCN(C)C. The lowest BCUT2D eigenvalue weighted by Gasteiger charge is -2.42. The summed E-state index contributed by atoms with van der Waals surface area (Å²) < 4.78 is 13.0. The van der Waals surface area contributed by atoms with Gasteiger partial charge in [0.25, 0.3) is 0 Å². The van der Waals surface area contributed by atoms with Crippen molar-refractivity contribution in [2.24, 2.45) is 0 Å². The molecule has 0 aliphatic heterocycles. The number of hydrogen-bond acceptors (Lipinski definition) is 2. The maximum atomic E-state index is 13.0. The topological polar surface area (TPSA) is 27.0 Å². The van der Waals surface area contributed by atoms with Gasteiger partial charge < -0.3 is 4.90 Å². The van der Waals surface area contributed by atoms with Crippen molar-refractivity contribution in [3.05, 3.63) is 70.5 Å². The van der Waals surface area contributed by atoms with Gasteiger partial charge in [-0.1, -0.05) is 32.0 Å². The fourth-order valence-corrected chi connectivity index (χ4v) is 3.24. The summed E-state index contributed by atoms with van der Waals surface area (Å²) in [5.41, 5.74) is 4.25. The maximum absolute atomic E-state index is 13.0. The minimum atomic E-state index is -0.207. The fraction of sp³-hybridized carbons (Fsp3) is 0.381. The molecule has 0 fully saturated rings. The molecule has 24 heavy (non-hydrogen) atoms. The molecule has 3 heteroatoms. The van der Waals surface area contributed by atoms with E-state index in [1.807, 2.05) is 30.3 Å². The Morgan fingerprint density at radius 3 is 2.29 bits per heavy atom. The van der Waals surface area contributed by atoms with Crippen LogP contribution in [-0.4, -0.2) is 25.5 Å². The van der Waals surface area contributed by atoms with E-state index in [1.54, 1.807) is 0 Å². The first-order valence-electron chi connectivity index (χ1n) is 8.35. The molecule has 0 saturated heterocycles. The second-order valence-electron chi connectivity index (χ2n) is 6.80. The largest absolute Gasteiger partial charge is 0.309 e. The molecule has 0 aromatic heterocycles. The molecule has 3 rings (SSSR count). The third-order valence-electron chi connectivity index (χ3n) is 4.52. The van der Waals surface area contributed by atoms with Gasteiger partial charge in [-0.05, 0) is 74.4 Å². The molecule has 1 aliphatic rings. The second kappa shape index (κ2) is 7.59. The van der Waals surface area contributed by atoms with E-state index in [9.17, 15) is 4.39 Å². The summed E-state index contributed by atoms with van der Waals surface area (Å²) in [5, 5.41) is 8.86. The quantitative estimate of drug-likeness (QED) is 0.830. The standard InChI is InChI=1S/C16H12FN.C5H13N/c1-16(13-3-5-14(17)6-4-13)9-12-8-11(10-18)2-7-15(12)16;1-4-5-6(2)3/h2-8H,9H2,1H3;4-5H2,1-3H3. The Bertz CT molecular complexity index is 728. The fourth-order valence-electron chi connectivity index (χ4n) is 3.24. The van der Waals surface area contributed by atoms with Crippen molar-refractivity contribution in [3.63, 3.8) is 0 Å². The molecule has 0 N–H and O–H groups in total. The lowest BCUT2D eigenvalue weighted by atomic mass is 9.61. The minimum absolute atomic E-state index is 0.0446. The average Bonchev–Trinajstić information content (AvgIpc) is 2.54. The zero-order valence-corrected chi connectivity index (χ0v) is 14.9. The highest BCUT2D eigenvalue weighted by Gasteiger charge is 2.39. The maximum Gasteiger partial charge on any atom is 0.123 e. The molecule has 0 heterocycles. The Labute approximate surface area is 144 Å². The van der Waals surface area contributed by atoms with Crippen molar-refractivity contribution in [1.29, 1.82) is 5.26 Å². The van der Waals surface area contributed by atoms with Crippen molar-refractivity contribution in [2.45, 2.75) is 32.1 Å². The third kappa shape index (κ3) is 3.83. The van der Waals surface area contributed by atoms with E-state index < -0.39 is 0 Å². The molecule has 2 aromatic carbocycles. The van der Waals surface area contributed by atoms with Crippen molar-refractivity contribution in [1.82, 2.24) is 4.90 Å². The Morgan fingerprint density at radius 1 is 1.17 bits per heavy atom. The highest BCUT2D eigenvalue weighted by atomic mass is 19.1. The number of rotatable bonds is 3. The molecule has 1 aliphatic carbocycles. The molecular formula is C21H25FN2. The van der Waals surface area contributed by atoms with Crippen LogP contribution >= 0.6 is 0 Å². The van der Waals surface area contributed by atoms with Crippen LogP contribution in [0.4, 0.5) is 4.39 Å². The molecule has 2 aromatic rings. The van der Waals surface area contributed by atoms with Gasteiger partial charge in [-0.3, -0.25) is 0 Å². The molecule has 2 nitrogen and oxygen atoms in total. The van der Waals surface area contributed by atoms with Gasteiger partial charge in [0.05, 0.1) is 11.6 Å². The molecule has 0 saturated carbocycles. The average molecular weight is 324 g/mol. The molecule has 126 valence electrons. The lowest BCUT2D eigenvalue weighted by Crippen LogP contribution is -2.36. The Hall–Kier alpha value is -2.18. The van der Waals surface area contributed by atoms with Gasteiger partial charge in [-0.15, -0.1) is 0 Å². The molecule has 0 radical (unpaired) electrons. The van der Waals surface area contributed by atoms with Gasteiger partial charge in [0.1, 0.15) is 5.82 Å². The summed E-state index contributed by atoms with van der Waals surface area (Å²) in [6.45, 7) is 5.55. The zero-order valence-electron chi connectivity index (χ0n) is 14.9. The Kier molecular flexibility index (Phi) is 5.75. The summed E-state index contributed by atoms with van der Waals surface area (Å²) >= 11 is 0. The van der Waals surface area contributed by atoms with E-state index in [2.05, 4.69) is 38.9 Å². The predicted octanol–water partition coefficient (Wildman–Crippen LogP) is 4.52. The molecule has 1 atom stereocenters. The first kappa shape index (κ1) is 18.2. The second-order valence-corrected chi connectivity index (χ2v) is 6.80. The van der Waals surface area contributed by atoms with Gasteiger partial charge in [-0.2, -0.15) is 5.26 Å². The van der Waals surface area contributed by atoms with Crippen LogP contribution in [0.1, 0.15) is 42.5 Å². The van der Waals surface area contributed by atoms with E-state index in [1.165, 1.54) is 36.2 Å². The van der Waals surface area contributed by atoms with Crippen LogP contribution in [0.2, 0.25) is 0 Å². The van der Waals surface area contributed by atoms with Gasteiger partial charge in [0, 0.05) is 5.41 Å². The summed E-state index contributed by atoms with van der Waals surface area (Å²) in [4.78, 5) is 2.18. The predicted molar refractivity (Wildman–Crippen MR) is 96.6 cm³/mol. The minimum Gasteiger partial charge on any atom is -0.309 e. The molecular weight excluding hydrogens is 299 g/mol.